The molecule has 0 saturated carbocycles. The fourth-order valence-corrected chi connectivity index (χ4v) is 3.19. The molecule has 1 heterocycles. The Bertz CT molecular complexity index is 505. The molecule has 0 spiro atoms. The van der Waals surface area contributed by atoms with Gasteiger partial charge in [0.25, 0.3) is 0 Å². The van der Waals surface area contributed by atoms with Gasteiger partial charge in [0.15, 0.2) is 0 Å². The summed E-state index contributed by atoms with van der Waals surface area (Å²) >= 11 is 0. The van der Waals surface area contributed by atoms with E-state index >= 15 is 0 Å². The lowest BCUT2D eigenvalue weighted by Gasteiger charge is -2.30. The second kappa shape index (κ2) is 7.52. The van der Waals surface area contributed by atoms with Gasteiger partial charge in [0.1, 0.15) is 12.4 Å². The molecule has 1 aliphatic rings. The Morgan fingerprint density at radius 3 is 2.64 bits per heavy atom. The molecule has 1 atom stereocenters. The van der Waals surface area contributed by atoms with Crippen molar-refractivity contribution in [2.45, 2.75) is 40.5 Å². The fourth-order valence-electron chi connectivity index (χ4n) is 3.19. The number of urea groups is 1. The summed E-state index contributed by atoms with van der Waals surface area (Å²) in [5, 5.41) is 2.96. The van der Waals surface area contributed by atoms with E-state index in [1.54, 1.807) is 0 Å². The van der Waals surface area contributed by atoms with Crippen molar-refractivity contribution in [3.05, 3.63) is 28.8 Å². The van der Waals surface area contributed by atoms with E-state index in [1.807, 2.05) is 4.90 Å². The van der Waals surface area contributed by atoms with Gasteiger partial charge in [-0.05, 0) is 50.7 Å². The number of hydrogen-bond acceptors (Lipinski definition) is 2. The third kappa shape index (κ3) is 4.39. The molecule has 2 rings (SSSR count). The van der Waals surface area contributed by atoms with Crippen LogP contribution >= 0.6 is 0 Å². The molecule has 0 aliphatic carbocycles. The Balaban J connectivity index is 1.76. The van der Waals surface area contributed by atoms with Gasteiger partial charge < -0.3 is 15.0 Å². The Hall–Kier alpha value is -1.71. The molecule has 22 heavy (non-hydrogen) atoms. The number of aryl methyl sites for hydroxylation is 3. The van der Waals surface area contributed by atoms with E-state index in [-0.39, 0.29) is 6.03 Å². The molecule has 0 radical (unpaired) electrons. The Morgan fingerprint density at radius 1 is 1.32 bits per heavy atom. The first kappa shape index (κ1) is 16.7. The van der Waals surface area contributed by atoms with Crippen molar-refractivity contribution in [3.63, 3.8) is 0 Å². The van der Waals surface area contributed by atoms with Gasteiger partial charge in [-0.1, -0.05) is 24.6 Å². The quantitative estimate of drug-likeness (QED) is 0.866. The molecular weight excluding hydrogens is 276 g/mol. The number of ether oxygens (including phenoxy) is 1. The van der Waals surface area contributed by atoms with Gasteiger partial charge in [0, 0.05) is 13.1 Å². The second-order valence-corrected chi connectivity index (χ2v) is 6.50. The van der Waals surface area contributed by atoms with Gasteiger partial charge >= 0.3 is 6.03 Å². The zero-order valence-electron chi connectivity index (χ0n) is 14.2. The van der Waals surface area contributed by atoms with Crippen LogP contribution in [0.1, 0.15) is 36.5 Å². The maximum absolute atomic E-state index is 12.1. The Morgan fingerprint density at radius 2 is 2.00 bits per heavy atom. The molecule has 0 aromatic heterocycles. The summed E-state index contributed by atoms with van der Waals surface area (Å²) in [6.07, 6.45) is 2.33. The predicted molar refractivity (Wildman–Crippen MR) is 89.5 cm³/mol. The van der Waals surface area contributed by atoms with Crippen LogP contribution in [-0.2, 0) is 0 Å². The third-order valence-corrected chi connectivity index (χ3v) is 4.17. The number of amides is 2. The number of nitrogens with zero attached hydrogens (tertiary/aromatic N) is 1. The molecule has 1 unspecified atom stereocenters. The van der Waals surface area contributed by atoms with E-state index in [0.717, 1.165) is 36.4 Å². The zero-order valence-corrected chi connectivity index (χ0v) is 14.2. The lowest BCUT2D eigenvalue weighted by Crippen LogP contribution is -2.46. The summed E-state index contributed by atoms with van der Waals surface area (Å²) in [5.74, 6) is 1.54. The van der Waals surface area contributed by atoms with E-state index in [4.69, 9.17) is 4.74 Å². The topological polar surface area (TPSA) is 41.6 Å². The first-order chi connectivity index (χ1) is 10.5. The molecule has 0 bridgehead atoms. The van der Waals surface area contributed by atoms with Crippen LogP contribution in [0.15, 0.2) is 12.1 Å². The number of hydrogen-bond donors (Lipinski definition) is 1. The number of nitrogens with one attached hydrogen (secondary N) is 1. The summed E-state index contributed by atoms with van der Waals surface area (Å²) < 4.78 is 5.85. The smallest absolute Gasteiger partial charge is 0.317 e. The maximum atomic E-state index is 12.1. The van der Waals surface area contributed by atoms with Crippen molar-refractivity contribution in [2.24, 2.45) is 5.92 Å². The Labute approximate surface area is 133 Å². The first-order valence-corrected chi connectivity index (χ1v) is 8.21. The summed E-state index contributed by atoms with van der Waals surface area (Å²) in [4.78, 5) is 14.0. The van der Waals surface area contributed by atoms with E-state index in [0.29, 0.717) is 19.1 Å². The first-order valence-electron chi connectivity index (χ1n) is 8.21. The fraction of sp³-hybridized carbons (Fsp3) is 0.611. The van der Waals surface area contributed by atoms with Crippen LogP contribution in [0.4, 0.5) is 4.79 Å². The average molecular weight is 304 g/mol. The average Bonchev–Trinajstić information content (AvgIpc) is 2.45. The van der Waals surface area contributed by atoms with Gasteiger partial charge in [0.05, 0.1) is 6.54 Å². The van der Waals surface area contributed by atoms with E-state index in [9.17, 15) is 4.79 Å². The van der Waals surface area contributed by atoms with Crippen LogP contribution in [0.3, 0.4) is 0 Å². The molecule has 1 aliphatic heterocycles. The SMILES string of the molecule is Cc1cc(C)c(OCCNC(=O)N2CCCC(C)C2)c(C)c1. The minimum atomic E-state index is 0.0347. The minimum Gasteiger partial charge on any atom is -0.491 e. The highest BCUT2D eigenvalue weighted by molar-refractivity contribution is 5.74. The van der Waals surface area contributed by atoms with Crippen molar-refractivity contribution in [2.75, 3.05) is 26.2 Å². The molecule has 122 valence electrons. The van der Waals surface area contributed by atoms with Crippen LogP contribution in [0.5, 0.6) is 5.75 Å². The molecule has 1 aromatic carbocycles. The second-order valence-electron chi connectivity index (χ2n) is 6.50. The van der Waals surface area contributed by atoms with Gasteiger partial charge in [0.2, 0.25) is 0 Å². The highest BCUT2D eigenvalue weighted by Crippen LogP contribution is 2.24. The summed E-state index contributed by atoms with van der Waals surface area (Å²) in [6.45, 7) is 11.2. The number of piperidine rings is 1. The van der Waals surface area contributed by atoms with Crippen LogP contribution in [-0.4, -0.2) is 37.2 Å². The summed E-state index contributed by atoms with van der Waals surface area (Å²) in [7, 11) is 0. The molecule has 4 nitrogen and oxygen atoms in total. The van der Waals surface area contributed by atoms with E-state index in [2.05, 4.69) is 45.1 Å². The van der Waals surface area contributed by atoms with Crippen LogP contribution in [0.25, 0.3) is 0 Å². The summed E-state index contributed by atoms with van der Waals surface area (Å²) in [5.41, 5.74) is 3.54. The van der Waals surface area contributed by atoms with Crippen molar-refractivity contribution in [1.82, 2.24) is 10.2 Å². The van der Waals surface area contributed by atoms with Gasteiger partial charge in [-0.3, -0.25) is 0 Å². The standard InChI is InChI=1S/C18H28N2O2/c1-13-6-5-8-20(12-13)18(21)19-7-9-22-17-15(3)10-14(2)11-16(17)4/h10-11,13H,5-9,12H2,1-4H3,(H,19,21). The number of rotatable bonds is 4. The number of carbonyl (C=O) groups excluding carboxylic acids is 1. The molecule has 2 amide bonds. The molecule has 1 fully saturated rings. The lowest BCUT2D eigenvalue weighted by atomic mass is 10.0. The van der Waals surface area contributed by atoms with Crippen molar-refractivity contribution >= 4 is 6.03 Å². The highest BCUT2D eigenvalue weighted by Gasteiger charge is 2.20. The monoisotopic (exact) mass is 304 g/mol. The third-order valence-electron chi connectivity index (χ3n) is 4.17. The van der Waals surface area contributed by atoms with Gasteiger partial charge in [-0.2, -0.15) is 0 Å². The molecule has 1 aromatic rings. The zero-order chi connectivity index (χ0) is 16.1. The highest BCUT2D eigenvalue weighted by atomic mass is 16.5. The number of benzene rings is 1. The summed E-state index contributed by atoms with van der Waals surface area (Å²) in [6, 6.07) is 4.28. The number of carbonyl (C=O) groups is 1. The van der Waals surface area contributed by atoms with Crippen LogP contribution in [0, 0.1) is 26.7 Å². The van der Waals surface area contributed by atoms with Crippen LogP contribution in [0.2, 0.25) is 0 Å². The predicted octanol–water partition coefficient (Wildman–Crippen LogP) is 3.43. The Kier molecular flexibility index (Phi) is 5.69. The van der Waals surface area contributed by atoms with Crippen LogP contribution < -0.4 is 10.1 Å². The van der Waals surface area contributed by atoms with Crippen molar-refractivity contribution in [1.29, 1.82) is 0 Å². The van der Waals surface area contributed by atoms with E-state index < -0.39 is 0 Å². The minimum absolute atomic E-state index is 0.0347. The van der Waals surface area contributed by atoms with Crippen molar-refractivity contribution in [3.8, 4) is 5.75 Å². The largest absolute Gasteiger partial charge is 0.491 e. The van der Waals surface area contributed by atoms with Crippen molar-refractivity contribution < 1.29 is 9.53 Å². The molecular formula is C18H28N2O2. The maximum Gasteiger partial charge on any atom is 0.317 e. The van der Waals surface area contributed by atoms with E-state index in [1.165, 1.54) is 12.0 Å². The normalized spacial score (nSPS) is 18.2. The number of likely N-dealkylation sites (tertiary alicyclic amines) is 1. The molecule has 1 saturated heterocycles. The lowest BCUT2D eigenvalue weighted by molar-refractivity contribution is 0.167. The van der Waals surface area contributed by atoms with Gasteiger partial charge in [-0.25, -0.2) is 4.79 Å². The molecule has 4 heteroatoms. The molecule has 1 N–H and O–H groups in total. The van der Waals surface area contributed by atoms with Gasteiger partial charge in [-0.15, -0.1) is 0 Å².